The Balaban J connectivity index is 1.81. The molecule has 0 aromatic heterocycles. The summed E-state index contributed by atoms with van der Waals surface area (Å²) < 4.78 is 10.4. The number of nitrogens with zero attached hydrogens (tertiary/aromatic N) is 1. The molecule has 3 rings (SSSR count). The lowest BCUT2D eigenvalue weighted by Gasteiger charge is -2.22. The Hall–Kier alpha value is -3.02. The number of ether oxygens (including phenoxy) is 2. The van der Waals surface area contributed by atoms with E-state index in [0.29, 0.717) is 17.2 Å². The molecule has 1 aliphatic rings. The second-order valence-electron chi connectivity index (χ2n) is 5.88. The van der Waals surface area contributed by atoms with E-state index in [1.165, 1.54) is 7.11 Å². The minimum absolute atomic E-state index is 0.0617. The molecular weight excluding hydrogens is 320 g/mol. The van der Waals surface area contributed by atoms with E-state index in [1.807, 2.05) is 31.2 Å². The van der Waals surface area contributed by atoms with Gasteiger partial charge >= 0.3 is 11.8 Å². The summed E-state index contributed by atoms with van der Waals surface area (Å²) in [4.78, 5) is 26.7. The Morgan fingerprint density at radius 3 is 2.60 bits per heavy atom. The lowest BCUT2D eigenvalue weighted by molar-refractivity contribution is -0.134. The molecule has 0 spiro atoms. The fraction of sp³-hybridized carbons (Fsp3) is 0.263. The number of carbonyl (C=O) groups is 2. The van der Waals surface area contributed by atoms with Crippen molar-refractivity contribution in [2.75, 3.05) is 24.4 Å². The first-order chi connectivity index (χ1) is 12.0. The average Bonchev–Trinajstić information content (AvgIpc) is 2.96. The molecule has 0 saturated heterocycles. The van der Waals surface area contributed by atoms with E-state index in [0.717, 1.165) is 17.7 Å². The number of anilines is 2. The molecule has 25 heavy (non-hydrogen) atoms. The van der Waals surface area contributed by atoms with Crippen LogP contribution in [0.2, 0.25) is 0 Å². The predicted octanol–water partition coefficient (Wildman–Crippen LogP) is 2.62. The minimum atomic E-state index is -0.702. The number of hydrogen-bond acceptors (Lipinski definition) is 4. The van der Waals surface area contributed by atoms with Gasteiger partial charge in [0, 0.05) is 17.8 Å². The molecule has 2 aromatic rings. The highest BCUT2D eigenvalue weighted by Gasteiger charge is 2.34. The molecule has 2 aromatic carbocycles. The molecule has 1 unspecified atom stereocenters. The van der Waals surface area contributed by atoms with E-state index in [2.05, 4.69) is 5.32 Å². The quantitative estimate of drug-likeness (QED) is 0.872. The zero-order chi connectivity index (χ0) is 18.0. The topological polar surface area (TPSA) is 67.9 Å². The maximum absolute atomic E-state index is 12.7. The highest BCUT2D eigenvalue weighted by atomic mass is 16.5. The van der Waals surface area contributed by atoms with Crippen LogP contribution < -0.4 is 19.7 Å². The van der Waals surface area contributed by atoms with Crippen LogP contribution in [0.1, 0.15) is 12.5 Å². The molecule has 2 amide bonds. The van der Waals surface area contributed by atoms with Gasteiger partial charge in [0.2, 0.25) is 0 Å². The summed E-state index contributed by atoms with van der Waals surface area (Å²) >= 11 is 0. The van der Waals surface area contributed by atoms with Gasteiger partial charge in [-0.05, 0) is 37.1 Å². The second kappa shape index (κ2) is 6.84. The summed E-state index contributed by atoms with van der Waals surface area (Å²) in [7, 11) is 3.04. The van der Waals surface area contributed by atoms with Gasteiger partial charge in [0.25, 0.3) is 0 Å². The average molecular weight is 340 g/mol. The molecule has 130 valence electrons. The molecular formula is C19H20N2O4. The van der Waals surface area contributed by atoms with Crippen LogP contribution in [0, 0.1) is 0 Å². The van der Waals surface area contributed by atoms with Gasteiger partial charge in [-0.1, -0.05) is 18.2 Å². The Morgan fingerprint density at radius 1 is 1.12 bits per heavy atom. The summed E-state index contributed by atoms with van der Waals surface area (Å²) in [5.41, 5.74) is 2.27. The first kappa shape index (κ1) is 16.8. The third-order valence-electron chi connectivity index (χ3n) is 4.28. The van der Waals surface area contributed by atoms with Crippen molar-refractivity contribution >= 4 is 23.2 Å². The maximum atomic E-state index is 12.7. The Labute approximate surface area is 146 Å². The smallest absolute Gasteiger partial charge is 0.316 e. The summed E-state index contributed by atoms with van der Waals surface area (Å²) in [6, 6.07) is 12.5. The van der Waals surface area contributed by atoms with Crippen molar-refractivity contribution in [2.45, 2.75) is 19.4 Å². The number of amides is 2. The van der Waals surface area contributed by atoms with Crippen LogP contribution in [0.15, 0.2) is 42.5 Å². The second-order valence-corrected chi connectivity index (χ2v) is 5.88. The van der Waals surface area contributed by atoms with Gasteiger partial charge in [0.05, 0.1) is 19.9 Å². The molecule has 1 aliphatic heterocycles. The van der Waals surface area contributed by atoms with Crippen LogP contribution in [0.5, 0.6) is 11.5 Å². The molecule has 6 heteroatoms. The number of para-hydroxylation sites is 1. The molecule has 0 saturated carbocycles. The normalized spacial score (nSPS) is 15.5. The van der Waals surface area contributed by atoms with Gasteiger partial charge in [-0.3, -0.25) is 9.59 Å². The largest absolute Gasteiger partial charge is 0.497 e. The lowest BCUT2D eigenvalue weighted by atomic mass is 10.1. The Kier molecular flexibility index (Phi) is 4.61. The van der Waals surface area contributed by atoms with Crippen molar-refractivity contribution in [3.8, 4) is 11.5 Å². The van der Waals surface area contributed by atoms with E-state index < -0.39 is 11.8 Å². The Bertz CT molecular complexity index is 819. The van der Waals surface area contributed by atoms with Crippen LogP contribution in [0.4, 0.5) is 11.4 Å². The van der Waals surface area contributed by atoms with Crippen LogP contribution >= 0.6 is 0 Å². The van der Waals surface area contributed by atoms with Crippen molar-refractivity contribution in [3.63, 3.8) is 0 Å². The zero-order valence-electron chi connectivity index (χ0n) is 14.4. The van der Waals surface area contributed by atoms with Gasteiger partial charge in [-0.15, -0.1) is 0 Å². The highest BCUT2D eigenvalue weighted by Crippen LogP contribution is 2.33. The molecule has 0 radical (unpaired) electrons. The summed E-state index contributed by atoms with van der Waals surface area (Å²) in [6.45, 7) is 1.93. The van der Waals surface area contributed by atoms with E-state index in [9.17, 15) is 9.59 Å². The van der Waals surface area contributed by atoms with Crippen molar-refractivity contribution in [2.24, 2.45) is 0 Å². The Morgan fingerprint density at radius 2 is 1.88 bits per heavy atom. The fourth-order valence-electron chi connectivity index (χ4n) is 3.06. The summed E-state index contributed by atoms with van der Waals surface area (Å²) in [5.74, 6) is -0.263. The first-order valence-corrected chi connectivity index (χ1v) is 7.99. The molecule has 6 nitrogen and oxygen atoms in total. The van der Waals surface area contributed by atoms with Gasteiger partial charge in [-0.2, -0.15) is 0 Å². The summed E-state index contributed by atoms with van der Waals surface area (Å²) in [5, 5.41) is 2.63. The highest BCUT2D eigenvalue weighted by molar-refractivity contribution is 6.44. The molecule has 0 aliphatic carbocycles. The maximum Gasteiger partial charge on any atom is 0.316 e. The number of hydrogen-bond donors (Lipinski definition) is 1. The standard InChI is InChI=1S/C19H20N2O4/c1-12-10-13-6-4-5-7-16(13)21(12)19(23)18(22)20-15-9-8-14(24-2)11-17(15)25-3/h4-9,11-12H,10H2,1-3H3,(H,20,22). The number of carbonyl (C=O) groups excluding carboxylic acids is 2. The van der Waals surface area contributed by atoms with Gasteiger partial charge in [0.15, 0.2) is 0 Å². The van der Waals surface area contributed by atoms with E-state index >= 15 is 0 Å². The predicted molar refractivity (Wildman–Crippen MR) is 95.3 cm³/mol. The van der Waals surface area contributed by atoms with Crippen molar-refractivity contribution < 1.29 is 19.1 Å². The van der Waals surface area contributed by atoms with Crippen molar-refractivity contribution in [3.05, 3.63) is 48.0 Å². The first-order valence-electron chi connectivity index (χ1n) is 7.99. The fourth-order valence-corrected chi connectivity index (χ4v) is 3.06. The molecule has 1 N–H and O–H groups in total. The van der Waals surface area contributed by atoms with Gasteiger partial charge in [0.1, 0.15) is 11.5 Å². The number of methoxy groups -OCH3 is 2. The minimum Gasteiger partial charge on any atom is -0.497 e. The van der Waals surface area contributed by atoms with Crippen LogP contribution in [0.25, 0.3) is 0 Å². The van der Waals surface area contributed by atoms with Gasteiger partial charge in [-0.25, -0.2) is 0 Å². The van der Waals surface area contributed by atoms with Crippen LogP contribution in [0.3, 0.4) is 0 Å². The third-order valence-corrected chi connectivity index (χ3v) is 4.28. The zero-order valence-corrected chi connectivity index (χ0v) is 14.4. The van der Waals surface area contributed by atoms with Crippen molar-refractivity contribution in [1.82, 2.24) is 0 Å². The molecule has 1 atom stereocenters. The van der Waals surface area contributed by atoms with Gasteiger partial charge < -0.3 is 19.7 Å². The molecule has 0 fully saturated rings. The third kappa shape index (κ3) is 3.15. The SMILES string of the molecule is COc1ccc(NC(=O)C(=O)N2c3ccccc3CC2C)c(OC)c1. The van der Waals surface area contributed by atoms with Crippen LogP contribution in [-0.4, -0.2) is 32.1 Å². The number of fused-ring (bicyclic) bond motifs is 1. The molecule has 1 heterocycles. The lowest BCUT2D eigenvalue weighted by Crippen LogP contribution is -2.43. The van der Waals surface area contributed by atoms with E-state index in [4.69, 9.17) is 9.47 Å². The number of rotatable bonds is 3. The number of benzene rings is 2. The van der Waals surface area contributed by atoms with Crippen LogP contribution in [-0.2, 0) is 16.0 Å². The van der Waals surface area contributed by atoms with E-state index in [-0.39, 0.29) is 6.04 Å². The number of nitrogens with one attached hydrogen (secondary N) is 1. The van der Waals surface area contributed by atoms with E-state index in [1.54, 1.807) is 30.2 Å². The monoisotopic (exact) mass is 340 g/mol. The molecule has 0 bridgehead atoms. The van der Waals surface area contributed by atoms with Crippen molar-refractivity contribution in [1.29, 1.82) is 0 Å². The summed E-state index contributed by atoms with van der Waals surface area (Å²) in [6.07, 6.45) is 0.737.